The Morgan fingerprint density at radius 1 is 1.31 bits per heavy atom. The number of amides is 2. The minimum Gasteiger partial charge on any atom is -0.366 e. The van der Waals surface area contributed by atoms with Crippen molar-refractivity contribution in [1.29, 1.82) is 0 Å². The van der Waals surface area contributed by atoms with Gasteiger partial charge in [0.25, 0.3) is 0 Å². The highest BCUT2D eigenvalue weighted by Crippen LogP contribution is 2.04. The molecule has 0 unspecified atom stereocenters. The van der Waals surface area contributed by atoms with Gasteiger partial charge in [0.15, 0.2) is 0 Å². The smallest absolute Gasteiger partial charge is 0.248 e. The summed E-state index contributed by atoms with van der Waals surface area (Å²) in [7, 11) is 0. The molecule has 0 aliphatic rings. The van der Waals surface area contributed by atoms with Gasteiger partial charge in [-0.15, -0.1) is 0 Å². The summed E-state index contributed by atoms with van der Waals surface area (Å²) < 4.78 is 0. The van der Waals surface area contributed by atoms with Crippen LogP contribution in [0.1, 0.15) is 22.3 Å². The summed E-state index contributed by atoms with van der Waals surface area (Å²) in [5, 5.41) is 2.69. The van der Waals surface area contributed by atoms with Gasteiger partial charge in [0.2, 0.25) is 11.8 Å². The fraction of sp³-hybridized carbons (Fsp3) is 0.273. The Bertz CT molecular complexity index is 391. The fourth-order valence-corrected chi connectivity index (χ4v) is 1.25. The first-order valence-electron chi connectivity index (χ1n) is 4.99. The molecule has 0 saturated carbocycles. The van der Waals surface area contributed by atoms with Crippen LogP contribution in [0, 0.1) is 0 Å². The summed E-state index contributed by atoms with van der Waals surface area (Å²) in [6, 6.07) is 6.83. The molecule has 0 bridgehead atoms. The minimum absolute atomic E-state index is 0.105. The van der Waals surface area contributed by atoms with E-state index in [2.05, 4.69) is 5.32 Å². The van der Waals surface area contributed by atoms with Crippen molar-refractivity contribution in [3.63, 3.8) is 0 Å². The van der Waals surface area contributed by atoms with Crippen LogP contribution in [0.15, 0.2) is 24.3 Å². The molecule has 1 aromatic carbocycles. The number of carbonyl (C=O) groups excluding carboxylic acids is 2. The zero-order valence-corrected chi connectivity index (χ0v) is 8.90. The normalized spacial score (nSPS) is 9.81. The predicted octanol–water partition coefficient (Wildman–Crippen LogP) is -0.249. The second-order valence-corrected chi connectivity index (χ2v) is 3.38. The highest BCUT2D eigenvalue weighted by molar-refractivity contribution is 5.92. The Balaban J connectivity index is 2.57. The monoisotopic (exact) mass is 221 g/mol. The molecule has 0 radical (unpaired) electrons. The van der Waals surface area contributed by atoms with Gasteiger partial charge in [-0.25, -0.2) is 0 Å². The van der Waals surface area contributed by atoms with Gasteiger partial charge in [-0.3, -0.25) is 9.59 Å². The molecule has 0 atom stereocenters. The molecule has 0 heterocycles. The van der Waals surface area contributed by atoms with Crippen molar-refractivity contribution in [2.24, 2.45) is 11.5 Å². The zero-order valence-electron chi connectivity index (χ0n) is 8.90. The highest BCUT2D eigenvalue weighted by Gasteiger charge is 2.02. The number of nitrogens with two attached hydrogens (primary N) is 2. The molecule has 1 aromatic rings. The Morgan fingerprint density at radius 3 is 2.69 bits per heavy atom. The van der Waals surface area contributed by atoms with Crippen LogP contribution in [0.2, 0.25) is 0 Å². The van der Waals surface area contributed by atoms with Crippen molar-refractivity contribution in [3.8, 4) is 0 Å². The average molecular weight is 221 g/mol. The van der Waals surface area contributed by atoms with Crippen molar-refractivity contribution < 1.29 is 9.59 Å². The molecule has 0 saturated heterocycles. The van der Waals surface area contributed by atoms with Gasteiger partial charge in [-0.1, -0.05) is 12.1 Å². The molecule has 86 valence electrons. The second-order valence-electron chi connectivity index (χ2n) is 3.38. The lowest BCUT2D eigenvalue weighted by atomic mass is 10.1. The van der Waals surface area contributed by atoms with Crippen LogP contribution in [0.3, 0.4) is 0 Å². The van der Waals surface area contributed by atoms with E-state index in [1.807, 2.05) is 6.07 Å². The molecule has 0 aromatic heterocycles. The van der Waals surface area contributed by atoms with E-state index in [9.17, 15) is 9.59 Å². The molecular formula is C11H15N3O2. The van der Waals surface area contributed by atoms with E-state index in [0.717, 1.165) is 5.56 Å². The van der Waals surface area contributed by atoms with Crippen LogP contribution in [0.4, 0.5) is 0 Å². The summed E-state index contributed by atoms with van der Waals surface area (Å²) in [4.78, 5) is 22.1. The number of hydrogen-bond donors (Lipinski definition) is 3. The standard InChI is InChI=1S/C11H15N3O2/c12-5-4-10(15)14-7-8-2-1-3-9(6-8)11(13)16/h1-3,6H,4-5,7,12H2,(H2,13,16)(H,14,15). The number of rotatable bonds is 5. The van der Waals surface area contributed by atoms with Gasteiger partial charge in [0.05, 0.1) is 0 Å². The zero-order chi connectivity index (χ0) is 12.0. The van der Waals surface area contributed by atoms with Gasteiger partial charge >= 0.3 is 0 Å². The SMILES string of the molecule is NCCC(=O)NCc1cccc(C(N)=O)c1. The first kappa shape index (κ1) is 12.2. The molecule has 5 nitrogen and oxygen atoms in total. The van der Waals surface area contributed by atoms with E-state index in [0.29, 0.717) is 25.1 Å². The number of hydrogen-bond acceptors (Lipinski definition) is 3. The summed E-state index contributed by atoms with van der Waals surface area (Å²) in [6.07, 6.45) is 0.301. The van der Waals surface area contributed by atoms with Crippen LogP contribution in [0.25, 0.3) is 0 Å². The lowest BCUT2D eigenvalue weighted by molar-refractivity contribution is -0.121. The van der Waals surface area contributed by atoms with Gasteiger partial charge in [0, 0.05) is 25.1 Å². The predicted molar refractivity (Wildman–Crippen MR) is 60.5 cm³/mol. The van der Waals surface area contributed by atoms with Crippen molar-refractivity contribution in [2.45, 2.75) is 13.0 Å². The van der Waals surface area contributed by atoms with E-state index < -0.39 is 5.91 Å². The maximum atomic E-state index is 11.2. The molecule has 5 N–H and O–H groups in total. The van der Waals surface area contributed by atoms with Gasteiger partial charge < -0.3 is 16.8 Å². The van der Waals surface area contributed by atoms with E-state index in [1.54, 1.807) is 18.2 Å². The Morgan fingerprint density at radius 2 is 2.06 bits per heavy atom. The van der Waals surface area contributed by atoms with Crippen LogP contribution in [0.5, 0.6) is 0 Å². The summed E-state index contributed by atoms with van der Waals surface area (Å²) in [5.41, 5.74) is 11.7. The first-order chi connectivity index (χ1) is 7.63. The third-order valence-electron chi connectivity index (χ3n) is 2.07. The molecule has 5 heteroatoms. The largest absolute Gasteiger partial charge is 0.366 e. The second kappa shape index (κ2) is 5.87. The van der Waals surface area contributed by atoms with Crippen LogP contribution >= 0.6 is 0 Å². The van der Waals surface area contributed by atoms with Crippen LogP contribution in [-0.4, -0.2) is 18.4 Å². The van der Waals surface area contributed by atoms with Crippen molar-refractivity contribution >= 4 is 11.8 Å². The number of nitrogens with one attached hydrogen (secondary N) is 1. The average Bonchev–Trinajstić information content (AvgIpc) is 2.27. The van der Waals surface area contributed by atoms with Gasteiger partial charge in [-0.05, 0) is 17.7 Å². The van der Waals surface area contributed by atoms with E-state index in [-0.39, 0.29) is 5.91 Å². The number of benzene rings is 1. The third kappa shape index (κ3) is 3.70. The summed E-state index contributed by atoms with van der Waals surface area (Å²) in [6.45, 7) is 0.702. The Hall–Kier alpha value is -1.88. The van der Waals surface area contributed by atoms with Crippen molar-refractivity contribution in [3.05, 3.63) is 35.4 Å². The number of primary amides is 1. The quantitative estimate of drug-likeness (QED) is 0.639. The Labute approximate surface area is 93.8 Å². The molecular weight excluding hydrogens is 206 g/mol. The fourth-order valence-electron chi connectivity index (χ4n) is 1.25. The van der Waals surface area contributed by atoms with Gasteiger partial charge in [0.1, 0.15) is 0 Å². The van der Waals surface area contributed by atoms with E-state index in [4.69, 9.17) is 11.5 Å². The molecule has 2 amide bonds. The lowest BCUT2D eigenvalue weighted by Crippen LogP contribution is -2.25. The van der Waals surface area contributed by atoms with Crippen molar-refractivity contribution in [1.82, 2.24) is 5.32 Å². The lowest BCUT2D eigenvalue weighted by Gasteiger charge is -2.05. The maximum absolute atomic E-state index is 11.2. The molecule has 0 aliphatic carbocycles. The third-order valence-corrected chi connectivity index (χ3v) is 2.07. The van der Waals surface area contributed by atoms with E-state index >= 15 is 0 Å². The van der Waals surface area contributed by atoms with Crippen LogP contribution < -0.4 is 16.8 Å². The topological polar surface area (TPSA) is 98.2 Å². The Kier molecular flexibility index (Phi) is 4.47. The first-order valence-corrected chi connectivity index (χ1v) is 4.99. The minimum atomic E-state index is -0.477. The van der Waals surface area contributed by atoms with Gasteiger partial charge in [-0.2, -0.15) is 0 Å². The van der Waals surface area contributed by atoms with E-state index in [1.165, 1.54) is 0 Å². The molecule has 0 aliphatic heterocycles. The van der Waals surface area contributed by atoms with Crippen molar-refractivity contribution in [2.75, 3.05) is 6.54 Å². The maximum Gasteiger partial charge on any atom is 0.248 e. The molecule has 16 heavy (non-hydrogen) atoms. The summed E-state index contributed by atoms with van der Waals surface area (Å²) >= 11 is 0. The molecule has 1 rings (SSSR count). The van der Waals surface area contributed by atoms with Crippen LogP contribution in [-0.2, 0) is 11.3 Å². The number of carbonyl (C=O) groups is 2. The highest BCUT2D eigenvalue weighted by atomic mass is 16.1. The summed E-state index contributed by atoms with van der Waals surface area (Å²) in [5.74, 6) is -0.581. The molecule has 0 fully saturated rings. The molecule has 0 spiro atoms.